The van der Waals surface area contributed by atoms with E-state index in [1.807, 2.05) is 36.0 Å². The minimum atomic E-state index is 0.200. The summed E-state index contributed by atoms with van der Waals surface area (Å²) < 4.78 is 1.86. The highest BCUT2D eigenvalue weighted by Crippen LogP contribution is 2.29. The average molecular weight is 332 g/mol. The Kier molecular flexibility index (Phi) is 5.36. The monoisotopic (exact) mass is 330 g/mol. The highest BCUT2D eigenvalue weighted by molar-refractivity contribution is 6.32. The molecule has 0 aliphatic heterocycles. The van der Waals surface area contributed by atoms with Gasteiger partial charge in [-0.05, 0) is 30.5 Å². The van der Waals surface area contributed by atoms with Gasteiger partial charge in [-0.2, -0.15) is 5.10 Å². The van der Waals surface area contributed by atoms with Gasteiger partial charge >= 0.3 is 0 Å². The van der Waals surface area contributed by atoms with E-state index >= 15 is 0 Å². The molecule has 0 fully saturated rings. The molecule has 20 heavy (non-hydrogen) atoms. The lowest BCUT2D eigenvalue weighted by molar-refractivity contribution is 0.655. The molecule has 0 bridgehead atoms. The Hall–Kier alpha value is -0.700. The van der Waals surface area contributed by atoms with Crippen LogP contribution in [0.15, 0.2) is 24.3 Å². The van der Waals surface area contributed by atoms with Crippen LogP contribution in [0.3, 0.4) is 0 Å². The molecule has 5 heteroatoms. The van der Waals surface area contributed by atoms with Gasteiger partial charge in [0.1, 0.15) is 0 Å². The summed E-state index contributed by atoms with van der Waals surface area (Å²) in [6, 6.07) is 7.80. The van der Waals surface area contributed by atoms with Crippen molar-refractivity contribution in [2.75, 3.05) is 5.88 Å². The molecule has 1 aromatic heterocycles. The summed E-state index contributed by atoms with van der Waals surface area (Å²) >= 11 is 18.5. The third-order valence-electron chi connectivity index (χ3n) is 3.47. The fraction of sp³-hybridized carbons (Fsp3) is 0.400. The summed E-state index contributed by atoms with van der Waals surface area (Å²) in [5, 5.41) is 5.94. The molecule has 108 valence electrons. The van der Waals surface area contributed by atoms with Crippen LogP contribution in [-0.2, 0) is 19.9 Å². The van der Waals surface area contributed by atoms with Gasteiger partial charge in [-0.25, -0.2) is 0 Å². The number of aryl methyl sites for hydroxylation is 2. The van der Waals surface area contributed by atoms with E-state index in [-0.39, 0.29) is 5.92 Å². The van der Waals surface area contributed by atoms with Crippen LogP contribution >= 0.6 is 34.8 Å². The maximum absolute atomic E-state index is 6.40. The number of rotatable bonds is 5. The van der Waals surface area contributed by atoms with Crippen molar-refractivity contribution < 1.29 is 0 Å². The van der Waals surface area contributed by atoms with Crippen molar-refractivity contribution in [3.8, 4) is 0 Å². The Morgan fingerprint density at radius 1 is 1.20 bits per heavy atom. The molecule has 1 heterocycles. The topological polar surface area (TPSA) is 17.8 Å². The molecule has 2 rings (SSSR count). The third-order valence-corrected chi connectivity index (χ3v) is 4.53. The fourth-order valence-electron chi connectivity index (χ4n) is 2.27. The summed E-state index contributed by atoms with van der Waals surface area (Å²) in [4.78, 5) is 0. The van der Waals surface area contributed by atoms with E-state index in [2.05, 4.69) is 12.0 Å². The maximum atomic E-state index is 6.40. The molecule has 0 amide bonds. The molecule has 1 unspecified atom stereocenters. The summed E-state index contributed by atoms with van der Waals surface area (Å²) in [6.45, 7) is 2.05. The molecule has 2 aromatic rings. The second-order valence-corrected chi connectivity index (χ2v) is 5.91. The molecule has 0 saturated heterocycles. The average Bonchev–Trinajstić information content (AvgIpc) is 2.72. The first-order valence-corrected chi connectivity index (χ1v) is 7.87. The Morgan fingerprint density at radius 2 is 1.85 bits per heavy atom. The first kappa shape index (κ1) is 15.7. The molecule has 0 spiro atoms. The number of hydrogen-bond acceptors (Lipinski definition) is 1. The Balaban J connectivity index is 2.26. The third kappa shape index (κ3) is 3.30. The zero-order chi connectivity index (χ0) is 14.7. The Labute approximate surface area is 134 Å². The van der Waals surface area contributed by atoms with Gasteiger partial charge in [-0.3, -0.25) is 4.68 Å². The number of hydrogen-bond donors (Lipinski definition) is 0. The number of halogens is 3. The molecule has 0 N–H and O–H groups in total. The van der Waals surface area contributed by atoms with Crippen LogP contribution in [0.2, 0.25) is 10.0 Å². The molecule has 0 aliphatic rings. The van der Waals surface area contributed by atoms with Gasteiger partial charge in [0.2, 0.25) is 0 Å². The first-order chi connectivity index (χ1) is 9.56. The van der Waals surface area contributed by atoms with Crippen LogP contribution in [0.25, 0.3) is 0 Å². The van der Waals surface area contributed by atoms with Crippen molar-refractivity contribution in [1.29, 1.82) is 0 Å². The first-order valence-electron chi connectivity index (χ1n) is 6.58. The fourth-order valence-corrected chi connectivity index (χ4v) is 3.06. The minimum Gasteiger partial charge on any atom is -0.271 e. The van der Waals surface area contributed by atoms with Crippen LogP contribution in [-0.4, -0.2) is 15.7 Å². The van der Waals surface area contributed by atoms with Crippen LogP contribution in [0.1, 0.15) is 29.8 Å². The van der Waals surface area contributed by atoms with Gasteiger partial charge in [0, 0.05) is 23.9 Å². The molecule has 1 atom stereocenters. The molecule has 1 aromatic carbocycles. The predicted octanol–water partition coefficient (Wildman–Crippen LogP) is 4.85. The smallest absolute Gasteiger partial charge is 0.0849 e. The molecule has 0 saturated carbocycles. The number of aromatic nitrogens is 2. The van der Waals surface area contributed by atoms with E-state index in [0.29, 0.717) is 5.88 Å². The van der Waals surface area contributed by atoms with Crippen molar-refractivity contribution in [2.45, 2.75) is 25.7 Å². The van der Waals surface area contributed by atoms with E-state index < -0.39 is 0 Å². The molecule has 2 nitrogen and oxygen atoms in total. The van der Waals surface area contributed by atoms with Gasteiger partial charge < -0.3 is 0 Å². The number of alkyl halides is 1. The van der Waals surface area contributed by atoms with E-state index in [4.69, 9.17) is 34.8 Å². The predicted molar refractivity (Wildman–Crippen MR) is 86.2 cm³/mol. The van der Waals surface area contributed by atoms with E-state index in [1.54, 1.807) is 0 Å². The van der Waals surface area contributed by atoms with E-state index in [0.717, 1.165) is 34.3 Å². The van der Waals surface area contributed by atoms with Gasteiger partial charge in [0.25, 0.3) is 0 Å². The molecular formula is C15H17Cl3N2. The Bertz CT molecular complexity index is 576. The van der Waals surface area contributed by atoms with Gasteiger partial charge in [-0.1, -0.05) is 42.3 Å². The maximum Gasteiger partial charge on any atom is 0.0849 e. The number of nitrogens with zero attached hydrogens (tertiary/aromatic N) is 2. The molecular weight excluding hydrogens is 315 g/mol. The zero-order valence-corrected chi connectivity index (χ0v) is 13.8. The second-order valence-electron chi connectivity index (χ2n) is 4.79. The summed E-state index contributed by atoms with van der Waals surface area (Å²) in [5.74, 6) is 0.733. The molecule has 0 aliphatic carbocycles. The highest BCUT2D eigenvalue weighted by Gasteiger charge is 2.18. The Morgan fingerprint density at radius 3 is 2.35 bits per heavy atom. The minimum absolute atomic E-state index is 0.200. The van der Waals surface area contributed by atoms with Crippen molar-refractivity contribution in [1.82, 2.24) is 9.78 Å². The quantitative estimate of drug-likeness (QED) is 0.716. The summed E-state index contributed by atoms with van der Waals surface area (Å²) in [5.41, 5.74) is 3.14. The van der Waals surface area contributed by atoms with E-state index in [9.17, 15) is 0 Å². The van der Waals surface area contributed by atoms with Crippen molar-refractivity contribution >= 4 is 34.8 Å². The lowest BCUT2D eigenvalue weighted by Gasteiger charge is -2.15. The van der Waals surface area contributed by atoms with Crippen LogP contribution in [0.4, 0.5) is 0 Å². The van der Waals surface area contributed by atoms with Crippen LogP contribution < -0.4 is 0 Å². The lowest BCUT2D eigenvalue weighted by atomic mass is 9.96. The van der Waals surface area contributed by atoms with E-state index in [1.165, 1.54) is 5.56 Å². The van der Waals surface area contributed by atoms with Crippen LogP contribution in [0.5, 0.6) is 0 Å². The normalized spacial score (nSPS) is 12.7. The van der Waals surface area contributed by atoms with Crippen molar-refractivity contribution in [3.05, 3.63) is 51.3 Å². The summed E-state index contributed by atoms with van der Waals surface area (Å²) in [7, 11) is 1.92. The SMILES string of the molecule is CCc1nn(C)c(CC(CCl)c2ccc(Cl)cc2)c1Cl. The van der Waals surface area contributed by atoms with Gasteiger partial charge in [0.05, 0.1) is 16.4 Å². The highest BCUT2D eigenvalue weighted by atomic mass is 35.5. The second kappa shape index (κ2) is 6.84. The summed E-state index contributed by atoms with van der Waals surface area (Å²) in [6.07, 6.45) is 1.60. The largest absolute Gasteiger partial charge is 0.271 e. The number of benzene rings is 1. The standard InChI is InChI=1S/C15H17Cl3N2/c1-3-13-15(18)14(20(2)19-13)8-11(9-16)10-4-6-12(17)7-5-10/h4-7,11H,3,8-9H2,1-2H3. The van der Waals surface area contributed by atoms with Gasteiger partial charge in [0.15, 0.2) is 0 Å². The molecule has 0 radical (unpaired) electrons. The zero-order valence-electron chi connectivity index (χ0n) is 11.5. The van der Waals surface area contributed by atoms with Crippen LogP contribution in [0, 0.1) is 0 Å². The van der Waals surface area contributed by atoms with Gasteiger partial charge in [-0.15, -0.1) is 11.6 Å². The van der Waals surface area contributed by atoms with Crippen molar-refractivity contribution in [2.24, 2.45) is 7.05 Å². The van der Waals surface area contributed by atoms with Crippen molar-refractivity contribution in [3.63, 3.8) is 0 Å². The lowest BCUT2D eigenvalue weighted by Crippen LogP contribution is -2.09.